The molecule has 0 unspecified atom stereocenters. The average Bonchev–Trinajstić information content (AvgIpc) is 3.00. The maximum atomic E-state index is 12.9. The van der Waals surface area contributed by atoms with Crippen molar-refractivity contribution < 1.29 is 27.8 Å². The molecule has 0 aliphatic heterocycles. The zero-order valence-electron chi connectivity index (χ0n) is 15.0. The third kappa shape index (κ3) is 3.42. The van der Waals surface area contributed by atoms with Crippen LogP contribution in [0.2, 0.25) is 0 Å². The molecule has 3 aromatic rings. The van der Waals surface area contributed by atoms with Crippen LogP contribution in [-0.2, 0) is 7.05 Å². The van der Waals surface area contributed by atoms with Gasteiger partial charge in [-0.25, -0.2) is 0 Å². The molecule has 0 saturated heterocycles. The predicted octanol–water partition coefficient (Wildman–Crippen LogP) is 3.79. The molecule has 0 atom stereocenters. The molecule has 28 heavy (non-hydrogen) atoms. The van der Waals surface area contributed by atoms with Crippen LogP contribution in [0.25, 0.3) is 10.9 Å². The van der Waals surface area contributed by atoms with Gasteiger partial charge in [0.1, 0.15) is 17.1 Å². The largest absolute Gasteiger partial charge is 0.573 e. The number of benzene rings is 1. The van der Waals surface area contributed by atoms with Crippen molar-refractivity contribution in [2.75, 3.05) is 11.9 Å². The maximum Gasteiger partial charge on any atom is 0.573 e. The van der Waals surface area contributed by atoms with Gasteiger partial charge in [0.2, 0.25) is 0 Å². The fourth-order valence-electron chi connectivity index (χ4n) is 2.83. The van der Waals surface area contributed by atoms with Crippen molar-refractivity contribution in [1.82, 2.24) is 4.57 Å². The van der Waals surface area contributed by atoms with Gasteiger partial charge in [-0.15, -0.1) is 24.5 Å². The lowest BCUT2D eigenvalue weighted by Crippen LogP contribution is -2.34. The van der Waals surface area contributed by atoms with E-state index in [1.54, 1.807) is 12.3 Å². The lowest BCUT2D eigenvalue weighted by molar-refractivity contribution is -0.274. The Bertz CT molecular complexity index is 1120. The number of nitrogens with zero attached hydrogens (tertiary/aromatic N) is 2. The number of carbonyl (C=O) groups excluding carboxylic acids is 1. The Morgan fingerprint density at radius 1 is 1.25 bits per heavy atom. The molecule has 1 N–H and O–H groups in total. The lowest BCUT2D eigenvalue weighted by Gasteiger charge is -2.19. The van der Waals surface area contributed by atoms with Crippen molar-refractivity contribution >= 4 is 33.8 Å². The van der Waals surface area contributed by atoms with E-state index in [2.05, 4.69) is 4.74 Å². The Morgan fingerprint density at radius 2 is 1.86 bits per heavy atom. The summed E-state index contributed by atoms with van der Waals surface area (Å²) in [5, 5.41) is 12.7. The van der Waals surface area contributed by atoms with Gasteiger partial charge in [-0.1, -0.05) is 0 Å². The summed E-state index contributed by atoms with van der Waals surface area (Å²) >= 11 is 1.34. The molecule has 3 rings (SSSR count). The zero-order valence-corrected chi connectivity index (χ0v) is 15.8. The van der Waals surface area contributed by atoms with Crippen LogP contribution < -0.4 is 15.2 Å². The second kappa shape index (κ2) is 6.86. The van der Waals surface area contributed by atoms with E-state index in [0.29, 0.717) is 10.9 Å². The minimum Gasteiger partial charge on any atom is -0.506 e. The number of aromatic nitrogens is 1. The Balaban J connectivity index is 2.00. The number of fused-ring (bicyclic) bond motifs is 1. The molecular formula is C18H15F3N2O4S. The zero-order chi connectivity index (χ0) is 20.8. The highest BCUT2D eigenvalue weighted by Crippen LogP contribution is 2.34. The first-order valence-electron chi connectivity index (χ1n) is 7.95. The van der Waals surface area contributed by atoms with Crippen LogP contribution in [-0.4, -0.2) is 29.0 Å². The van der Waals surface area contributed by atoms with E-state index in [4.69, 9.17) is 0 Å². The summed E-state index contributed by atoms with van der Waals surface area (Å²) in [4.78, 5) is 27.3. The molecule has 0 aliphatic carbocycles. The van der Waals surface area contributed by atoms with Gasteiger partial charge in [0.25, 0.3) is 11.5 Å². The van der Waals surface area contributed by atoms with Gasteiger partial charge in [0, 0.05) is 30.0 Å². The summed E-state index contributed by atoms with van der Waals surface area (Å²) in [5.41, 5.74) is -0.340. The van der Waals surface area contributed by atoms with Crippen LogP contribution >= 0.6 is 11.3 Å². The highest BCUT2D eigenvalue weighted by atomic mass is 32.1. The number of amides is 1. The molecule has 0 spiro atoms. The SMILES string of the molecule is Cc1scc2c1c(O)c(C(=O)N(C)c1ccc(OC(F)(F)F)cc1)c(=O)n2C. The first kappa shape index (κ1) is 19.7. The van der Waals surface area contributed by atoms with Gasteiger partial charge in [-0.2, -0.15) is 0 Å². The van der Waals surface area contributed by atoms with E-state index in [1.165, 1.54) is 42.1 Å². The summed E-state index contributed by atoms with van der Waals surface area (Å²) in [6.07, 6.45) is -4.82. The Morgan fingerprint density at radius 3 is 2.43 bits per heavy atom. The first-order valence-corrected chi connectivity index (χ1v) is 8.83. The normalized spacial score (nSPS) is 11.6. The second-order valence-electron chi connectivity index (χ2n) is 6.05. The van der Waals surface area contributed by atoms with Crippen molar-refractivity contribution in [3.8, 4) is 11.5 Å². The molecule has 10 heteroatoms. The van der Waals surface area contributed by atoms with Crippen LogP contribution in [0.15, 0.2) is 34.4 Å². The molecule has 0 fully saturated rings. The fraction of sp³-hybridized carbons (Fsp3) is 0.222. The van der Waals surface area contributed by atoms with Crippen LogP contribution in [0, 0.1) is 6.92 Å². The van der Waals surface area contributed by atoms with Crippen LogP contribution in [0.4, 0.5) is 18.9 Å². The molecule has 6 nitrogen and oxygen atoms in total. The van der Waals surface area contributed by atoms with Gasteiger partial charge >= 0.3 is 6.36 Å². The lowest BCUT2D eigenvalue weighted by atomic mass is 10.1. The van der Waals surface area contributed by atoms with Crippen LogP contribution in [0.1, 0.15) is 15.2 Å². The Labute approximate surface area is 161 Å². The number of thiophene rings is 1. The molecule has 0 aliphatic rings. The predicted molar refractivity (Wildman–Crippen MR) is 99.3 cm³/mol. The number of hydrogen-bond donors (Lipinski definition) is 1. The summed E-state index contributed by atoms with van der Waals surface area (Å²) in [6, 6.07) is 4.59. The first-order chi connectivity index (χ1) is 13.0. The molecule has 1 amide bonds. The van der Waals surface area contributed by atoms with Crippen molar-refractivity contribution in [3.63, 3.8) is 0 Å². The summed E-state index contributed by atoms with van der Waals surface area (Å²) in [5.74, 6) is -1.63. The third-order valence-corrected chi connectivity index (χ3v) is 5.18. The van der Waals surface area contributed by atoms with Crippen LogP contribution in [0.5, 0.6) is 11.5 Å². The Hall–Kier alpha value is -3.01. The van der Waals surface area contributed by atoms with Gasteiger partial charge in [-0.3, -0.25) is 9.59 Å². The number of aryl methyl sites for hydroxylation is 2. The minimum absolute atomic E-state index is 0.225. The molecule has 0 bridgehead atoms. The number of hydrogen-bond acceptors (Lipinski definition) is 5. The number of pyridine rings is 1. The number of rotatable bonds is 3. The van der Waals surface area contributed by atoms with E-state index >= 15 is 0 Å². The number of ether oxygens (including phenoxy) is 1. The molecule has 1 aromatic carbocycles. The van der Waals surface area contributed by atoms with E-state index in [0.717, 1.165) is 21.9 Å². The quantitative estimate of drug-likeness (QED) is 0.711. The Kier molecular flexibility index (Phi) is 4.84. The molecule has 0 radical (unpaired) electrons. The van der Waals surface area contributed by atoms with E-state index in [9.17, 15) is 27.9 Å². The third-order valence-electron chi connectivity index (χ3n) is 4.29. The molecule has 2 heterocycles. The standard InChI is InChI=1S/C18H15F3N2O4S/c1-9-13-12(8-28-9)23(3)17(26)14(15(13)24)16(25)22(2)10-4-6-11(7-5-10)27-18(19,20)21/h4-8,24H,1-3H3. The second-order valence-corrected chi connectivity index (χ2v) is 7.13. The fourth-order valence-corrected chi connectivity index (χ4v) is 3.71. The van der Waals surface area contributed by atoms with Crippen molar-refractivity contribution in [1.29, 1.82) is 0 Å². The molecule has 148 valence electrons. The number of carbonyl (C=O) groups is 1. The van der Waals surface area contributed by atoms with Gasteiger partial charge in [0.05, 0.1) is 10.9 Å². The van der Waals surface area contributed by atoms with Crippen LogP contribution in [0.3, 0.4) is 0 Å². The topological polar surface area (TPSA) is 71.8 Å². The number of alkyl halides is 3. The van der Waals surface area contributed by atoms with Gasteiger partial charge in [-0.05, 0) is 31.2 Å². The van der Waals surface area contributed by atoms with E-state index in [-0.39, 0.29) is 5.69 Å². The summed E-state index contributed by atoms with van der Waals surface area (Å²) < 4.78 is 41.8. The number of anilines is 1. The van der Waals surface area contributed by atoms with Crippen molar-refractivity contribution in [2.45, 2.75) is 13.3 Å². The highest BCUT2D eigenvalue weighted by Gasteiger charge is 2.31. The summed E-state index contributed by atoms with van der Waals surface area (Å²) in [6.45, 7) is 1.76. The van der Waals surface area contributed by atoms with Gasteiger partial charge in [0.15, 0.2) is 0 Å². The number of halogens is 3. The van der Waals surface area contributed by atoms with E-state index in [1.807, 2.05) is 0 Å². The molecule has 2 aromatic heterocycles. The van der Waals surface area contributed by atoms with Gasteiger partial charge < -0.3 is 19.3 Å². The monoisotopic (exact) mass is 412 g/mol. The molecule has 0 saturated carbocycles. The number of aromatic hydroxyl groups is 1. The van der Waals surface area contributed by atoms with E-state index < -0.39 is 34.9 Å². The highest BCUT2D eigenvalue weighted by molar-refractivity contribution is 7.11. The van der Waals surface area contributed by atoms with Crippen molar-refractivity contribution in [2.24, 2.45) is 7.05 Å². The minimum atomic E-state index is -4.82. The molecular weight excluding hydrogens is 397 g/mol. The summed E-state index contributed by atoms with van der Waals surface area (Å²) in [7, 11) is 2.85. The van der Waals surface area contributed by atoms with Crippen molar-refractivity contribution in [3.05, 3.63) is 50.4 Å². The maximum absolute atomic E-state index is 12.9. The smallest absolute Gasteiger partial charge is 0.506 e. The average molecular weight is 412 g/mol.